The van der Waals surface area contributed by atoms with E-state index in [1.165, 1.54) is 11.3 Å². The number of thiazole rings is 1. The van der Waals surface area contributed by atoms with Gasteiger partial charge in [0.25, 0.3) is 0 Å². The lowest BCUT2D eigenvalue weighted by Gasteiger charge is -1.96. The number of halogens is 1. The standard InChI is InChI=1S/C9H5BrN2OS/c10-7-2-1-3-11-8(7)9-12-4-6(5-13)14-9/h1-5H. The molecule has 0 fully saturated rings. The molecule has 0 unspecified atom stereocenters. The fraction of sp³-hybridized carbons (Fsp3) is 0. The van der Waals surface area contributed by atoms with Crippen molar-refractivity contribution in [1.82, 2.24) is 9.97 Å². The summed E-state index contributed by atoms with van der Waals surface area (Å²) >= 11 is 4.71. The maximum atomic E-state index is 10.5. The Bertz CT molecular complexity index is 469. The molecule has 0 aromatic carbocycles. The minimum atomic E-state index is 0.609. The molecule has 2 rings (SSSR count). The van der Waals surface area contributed by atoms with Gasteiger partial charge in [0.1, 0.15) is 10.7 Å². The summed E-state index contributed by atoms with van der Waals surface area (Å²) < 4.78 is 0.881. The van der Waals surface area contributed by atoms with Gasteiger partial charge in [-0.05, 0) is 28.1 Å². The average molecular weight is 269 g/mol. The highest BCUT2D eigenvalue weighted by atomic mass is 79.9. The van der Waals surface area contributed by atoms with E-state index in [1.54, 1.807) is 12.4 Å². The predicted molar refractivity (Wildman–Crippen MR) is 58.4 cm³/mol. The van der Waals surface area contributed by atoms with Crippen molar-refractivity contribution < 1.29 is 4.79 Å². The van der Waals surface area contributed by atoms with Crippen molar-refractivity contribution in [1.29, 1.82) is 0 Å². The molecule has 0 bridgehead atoms. The average Bonchev–Trinajstić information content (AvgIpc) is 2.67. The van der Waals surface area contributed by atoms with Crippen LogP contribution in [0.2, 0.25) is 0 Å². The molecule has 0 aliphatic carbocycles. The molecule has 70 valence electrons. The van der Waals surface area contributed by atoms with Crippen molar-refractivity contribution in [2.45, 2.75) is 0 Å². The van der Waals surface area contributed by atoms with E-state index in [9.17, 15) is 4.79 Å². The van der Waals surface area contributed by atoms with Crippen LogP contribution in [-0.4, -0.2) is 16.3 Å². The lowest BCUT2D eigenvalue weighted by molar-refractivity contribution is 0.112. The van der Waals surface area contributed by atoms with Crippen LogP contribution in [0.25, 0.3) is 10.7 Å². The normalized spacial score (nSPS) is 10.1. The van der Waals surface area contributed by atoms with Crippen LogP contribution in [0.5, 0.6) is 0 Å². The Morgan fingerprint density at radius 3 is 2.93 bits per heavy atom. The van der Waals surface area contributed by atoms with Crippen LogP contribution >= 0.6 is 27.3 Å². The number of aldehydes is 1. The van der Waals surface area contributed by atoms with Gasteiger partial charge in [-0.1, -0.05) is 0 Å². The Hall–Kier alpha value is -1.07. The molecule has 0 atom stereocenters. The SMILES string of the molecule is O=Cc1cnc(-c2ncccc2Br)s1. The van der Waals surface area contributed by atoms with Crippen LogP contribution in [0, 0.1) is 0 Å². The molecule has 14 heavy (non-hydrogen) atoms. The van der Waals surface area contributed by atoms with E-state index in [0.717, 1.165) is 21.5 Å². The van der Waals surface area contributed by atoms with Crippen molar-refractivity contribution in [3.8, 4) is 10.7 Å². The van der Waals surface area contributed by atoms with Crippen LogP contribution in [0.15, 0.2) is 29.0 Å². The Balaban J connectivity index is 2.49. The van der Waals surface area contributed by atoms with Crippen LogP contribution in [0.1, 0.15) is 9.67 Å². The second-order valence-electron chi connectivity index (χ2n) is 2.52. The molecular formula is C9H5BrN2OS. The van der Waals surface area contributed by atoms with Gasteiger partial charge in [-0.25, -0.2) is 4.98 Å². The molecular weight excluding hydrogens is 264 g/mol. The topological polar surface area (TPSA) is 42.9 Å². The zero-order valence-corrected chi connectivity index (χ0v) is 9.38. The number of hydrogen-bond donors (Lipinski definition) is 0. The Kier molecular flexibility index (Phi) is 2.69. The second kappa shape index (κ2) is 3.98. The number of carbonyl (C=O) groups is 1. The highest BCUT2D eigenvalue weighted by molar-refractivity contribution is 9.10. The van der Waals surface area contributed by atoms with Gasteiger partial charge in [0.2, 0.25) is 0 Å². The maximum Gasteiger partial charge on any atom is 0.161 e. The Morgan fingerprint density at radius 2 is 2.29 bits per heavy atom. The van der Waals surface area contributed by atoms with E-state index in [4.69, 9.17) is 0 Å². The van der Waals surface area contributed by atoms with E-state index in [0.29, 0.717) is 4.88 Å². The molecule has 0 saturated carbocycles. The summed E-state index contributed by atoms with van der Waals surface area (Å²) in [5.41, 5.74) is 0.769. The molecule has 2 aromatic heterocycles. The fourth-order valence-electron chi connectivity index (χ4n) is 0.994. The van der Waals surface area contributed by atoms with E-state index >= 15 is 0 Å². The predicted octanol–water partition coefficient (Wildman–Crippen LogP) is 2.78. The molecule has 2 heterocycles. The molecule has 0 radical (unpaired) electrons. The minimum Gasteiger partial charge on any atom is -0.297 e. The highest BCUT2D eigenvalue weighted by Gasteiger charge is 2.08. The van der Waals surface area contributed by atoms with Gasteiger partial charge < -0.3 is 0 Å². The number of aromatic nitrogens is 2. The third-order valence-corrected chi connectivity index (χ3v) is 3.17. The van der Waals surface area contributed by atoms with Crippen LogP contribution in [0.3, 0.4) is 0 Å². The van der Waals surface area contributed by atoms with Gasteiger partial charge >= 0.3 is 0 Å². The lowest BCUT2D eigenvalue weighted by Crippen LogP contribution is -1.81. The van der Waals surface area contributed by atoms with Crippen molar-refractivity contribution in [2.75, 3.05) is 0 Å². The smallest absolute Gasteiger partial charge is 0.161 e. The van der Waals surface area contributed by atoms with E-state index < -0.39 is 0 Å². The molecule has 0 saturated heterocycles. The van der Waals surface area contributed by atoms with E-state index in [2.05, 4.69) is 25.9 Å². The summed E-state index contributed by atoms with van der Waals surface area (Å²) in [6, 6.07) is 3.73. The van der Waals surface area contributed by atoms with Crippen LogP contribution < -0.4 is 0 Å². The fourth-order valence-corrected chi connectivity index (χ4v) is 2.31. The number of pyridine rings is 1. The summed E-state index contributed by atoms with van der Waals surface area (Å²) in [6.45, 7) is 0. The number of hydrogen-bond acceptors (Lipinski definition) is 4. The Labute approximate surface area is 93.0 Å². The molecule has 0 aliphatic heterocycles. The van der Waals surface area contributed by atoms with Crippen molar-refractivity contribution in [2.24, 2.45) is 0 Å². The zero-order valence-electron chi connectivity index (χ0n) is 6.98. The number of nitrogens with zero attached hydrogens (tertiary/aromatic N) is 2. The first-order valence-electron chi connectivity index (χ1n) is 3.83. The first-order valence-corrected chi connectivity index (χ1v) is 5.44. The van der Waals surface area contributed by atoms with Crippen molar-refractivity contribution >= 4 is 33.6 Å². The summed E-state index contributed by atoms with van der Waals surface area (Å²) in [4.78, 5) is 19.4. The van der Waals surface area contributed by atoms with Gasteiger partial charge in [0, 0.05) is 16.9 Å². The van der Waals surface area contributed by atoms with Gasteiger partial charge in [-0.15, -0.1) is 11.3 Å². The summed E-state index contributed by atoms with van der Waals surface area (Å²) in [7, 11) is 0. The zero-order chi connectivity index (χ0) is 9.97. The number of rotatable bonds is 2. The van der Waals surface area contributed by atoms with E-state index in [1.807, 2.05) is 12.1 Å². The first-order chi connectivity index (χ1) is 6.81. The van der Waals surface area contributed by atoms with E-state index in [-0.39, 0.29) is 0 Å². The molecule has 3 nitrogen and oxygen atoms in total. The van der Waals surface area contributed by atoms with Gasteiger partial charge in [-0.3, -0.25) is 9.78 Å². The van der Waals surface area contributed by atoms with Crippen LogP contribution in [0.4, 0.5) is 0 Å². The summed E-state index contributed by atoms with van der Waals surface area (Å²) in [6.07, 6.45) is 4.04. The lowest BCUT2D eigenvalue weighted by atomic mass is 10.4. The third-order valence-electron chi connectivity index (χ3n) is 1.60. The van der Waals surface area contributed by atoms with Gasteiger partial charge in [0.05, 0.1) is 4.88 Å². The second-order valence-corrected chi connectivity index (χ2v) is 4.44. The van der Waals surface area contributed by atoms with Crippen molar-refractivity contribution in [3.63, 3.8) is 0 Å². The molecule has 0 aliphatic rings. The monoisotopic (exact) mass is 268 g/mol. The molecule has 2 aromatic rings. The largest absolute Gasteiger partial charge is 0.297 e. The minimum absolute atomic E-state index is 0.609. The third kappa shape index (κ3) is 1.73. The summed E-state index contributed by atoms with van der Waals surface area (Å²) in [5, 5.41) is 0.750. The summed E-state index contributed by atoms with van der Waals surface area (Å²) in [5.74, 6) is 0. The quantitative estimate of drug-likeness (QED) is 0.787. The molecule has 0 spiro atoms. The molecule has 0 N–H and O–H groups in total. The highest BCUT2D eigenvalue weighted by Crippen LogP contribution is 2.28. The Morgan fingerprint density at radius 1 is 1.43 bits per heavy atom. The maximum absolute atomic E-state index is 10.5. The van der Waals surface area contributed by atoms with Gasteiger partial charge in [0.15, 0.2) is 6.29 Å². The first kappa shape index (κ1) is 9.48. The van der Waals surface area contributed by atoms with Crippen LogP contribution in [-0.2, 0) is 0 Å². The molecule has 0 amide bonds. The van der Waals surface area contributed by atoms with Gasteiger partial charge in [-0.2, -0.15) is 0 Å². The van der Waals surface area contributed by atoms with Crippen molar-refractivity contribution in [3.05, 3.63) is 33.9 Å². The number of carbonyl (C=O) groups excluding carboxylic acids is 1. The molecule has 5 heteroatoms.